The summed E-state index contributed by atoms with van der Waals surface area (Å²) in [5.41, 5.74) is 2.88. The Morgan fingerprint density at radius 3 is 2.40 bits per heavy atom. The Labute approximate surface area is 183 Å². The number of ether oxygens (including phenoxy) is 1. The number of para-hydroxylation sites is 1. The van der Waals surface area contributed by atoms with E-state index < -0.39 is 0 Å². The van der Waals surface area contributed by atoms with E-state index in [2.05, 4.69) is 54.6 Å². The van der Waals surface area contributed by atoms with Gasteiger partial charge in [0.25, 0.3) is 0 Å². The quantitative estimate of drug-likeness (QED) is 0.401. The molecule has 0 aliphatic heterocycles. The van der Waals surface area contributed by atoms with Gasteiger partial charge >= 0.3 is 0 Å². The van der Waals surface area contributed by atoms with Crippen LogP contribution in [0.4, 0.5) is 0 Å². The van der Waals surface area contributed by atoms with Crippen molar-refractivity contribution in [2.75, 3.05) is 0 Å². The van der Waals surface area contributed by atoms with Gasteiger partial charge in [0.15, 0.2) is 17.1 Å². The van der Waals surface area contributed by atoms with E-state index in [1.54, 1.807) is 11.8 Å². The zero-order chi connectivity index (χ0) is 21.7. The summed E-state index contributed by atoms with van der Waals surface area (Å²) in [5.74, 6) is 2.73. The van der Waals surface area contributed by atoms with Crippen molar-refractivity contribution in [2.24, 2.45) is 0 Å². The molecule has 1 aromatic heterocycles. The maximum atomic E-state index is 9.33. The molecule has 0 spiro atoms. The molecule has 0 amide bonds. The largest absolute Gasteiger partial charge is 0.482 e. The van der Waals surface area contributed by atoms with Gasteiger partial charge in [-0.15, -0.1) is 10.2 Å². The van der Waals surface area contributed by atoms with Gasteiger partial charge < -0.3 is 9.30 Å². The molecule has 3 aromatic rings. The Kier molecular flexibility index (Phi) is 7.17. The molecule has 1 heterocycles. The average Bonchev–Trinajstić information content (AvgIpc) is 3.17. The number of hydrogen-bond acceptors (Lipinski definition) is 5. The maximum absolute atomic E-state index is 9.33. The second-order valence-corrected chi connectivity index (χ2v) is 8.76. The predicted octanol–water partition coefficient (Wildman–Crippen LogP) is 6.29. The summed E-state index contributed by atoms with van der Waals surface area (Å²) in [7, 11) is 0. The minimum atomic E-state index is -0.236. The van der Waals surface area contributed by atoms with Crippen LogP contribution in [0.25, 0.3) is 0 Å². The number of aromatic nitrogens is 3. The molecule has 0 bridgehead atoms. The molecule has 2 aromatic carbocycles. The molecule has 30 heavy (non-hydrogen) atoms. The van der Waals surface area contributed by atoms with Crippen LogP contribution in [0.5, 0.6) is 5.75 Å². The van der Waals surface area contributed by atoms with E-state index in [9.17, 15) is 5.26 Å². The molecule has 156 valence electrons. The molecule has 0 N–H and O–H groups in total. The summed E-state index contributed by atoms with van der Waals surface area (Å²) in [6, 6.07) is 18.3. The third kappa shape index (κ3) is 4.85. The number of nitrogens with zero attached hydrogens (tertiary/aromatic N) is 4. The highest BCUT2D eigenvalue weighted by atomic mass is 32.2. The van der Waals surface area contributed by atoms with Crippen molar-refractivity contribution in [2.45, 2.75) is 63.6 Å². The normalized spacial score (nSPS) is 12.2. The van der Waals surface area contributed by atoms with E-state index in [0.717, 1.165) is 22.3 Å². The highest BCUT2D eigenvalue weighted by Crippen LogP contribution is 2.32. The van der Waals surface area contributed by atoms with Crippen LogP contribution in [0.2, 0.25) is 0 Å². The third-order valence-electron chi connectivity index (χ3n) is 4.91. The monoisotopic (exact) mass is 420 g/mol. The molecule has 0 radical (unpaired) electrons. The molecular formula is C24H28N4OS. The molecule has 1 unspecified atom stereocenters. The van der Waals surface area contributed by atoms with Crippen molar-refractivity contribution in [1.29, 1.82) is 5.26 Å². The van der Waals surface area contributed by atoms with Crippen LogP contribution in [-0.2, 0) is 5.75 Å². The van der Waals surface area contributed by atoms with Crippen molar-refractivity contribution in [3.05, 3.63) is 71.0 Å². The van der Waals surface area contributed by atoms with E-state index in [-0.39, 0.29) is 12.1 Å². The van der Waals surface area contributed by atoms with Crippen LogP contribution < -0.4 is 4.74 Å². The summed E-state index contributed by atoms with van der Waals surface area (Å²) in [6.07, 6.45) is -0.236. The van der Waals surface area contributed by atoms with Crippen molar-refractivity contribution in [3.8, 4) is 11.8 Å². The van der Waals surface area contributed by atoms with Crippen LogP contribution in [-0.4, -0.2) is 14.8 Å². The molecule has 1 atom stereocenters. The van der Waals surface area contributed by atoms with Crippen LogP contribution >= 0.6 is 11.8 Å². The summed E-state index contributed by atoms with van der Waals surface area (Å²) in [5, 5.41) is 19.1. The number of benzene rings is 2. The van der Waals surface area contributed by atoms with Crippen LogP contribution in [0.15, 0.2) is 53.7 Å². The molecule has 6 heteroatoms. The van der Waals surface area contributed by atoms with E-state index in [1.165, 1.54) is 5.56 Å². The zero-order valence-corrected chi connectivity index (χ0v) is 19.0. The fourth-order valence-electron chi connectivity index (χ4n) is 3.35. The fourth-order valence-corrected chi connectivity index (χ4v) is 4.43. The standard InChI is InChI=1S/C24H28N4OS/c1-16(2)21-12-8-9-13-22(21)29-18(5)23-26-27-24(28(23)17(3)4)30-15-20-11-7-6-10-19(20)14-25/h6-13,16-18H,15H2,1-5H3. The van der Waals surface area contributed by atoms with E-state index in [1.807, 2.05) is 49.4 Å². The van der Waals surface area contributed by atoms with Crippen molar-refractivity contribution in [1.82, 2.24) is 14.8 Å². The Balaban J connectivity index is 1.83. The first kappa shape index (κ1) is 21.9. The SMILES string of the molecule is CC(C)c1ccccc1OC(C)c1nnc(SCc2ccccc2C#N)n1C(C)C. The highest BCUT2D eigenvalue weighted by molar-refractivity contribution is 7.98. The lowest BCUT2D eigenvalue weighted by Gasteiger charge is -2.21. The molecule has 5 nitrogen and oxygen atoms in total. The summed E-state index contributed by atoms with van der Waals surface area (Å²) >= 11 is 1.59. The van der Waals surface area contributed by atoms with Gasteiger partial charge in [-0.3, -0.25) is 0 Å². The first-order chi connectivity index (χ1) is 14.4. The van der Waals surface area contributed by atoms with Gasteiger partial charge in [-0.25, -0.2) is 0 Å². The molecule has 0 saturated carbocycles. The van der Waals surface area contributed by atoms with Crippen molar-refractivity contribution >= 4 is 11.8 Å². The molecule has 3 rings (SSSR count). The lowest BCUT2D eigenvalue weighted by Crippen LogP contribution is -2.15. The van der Waals surface area contributed by atoms with Crippen LogP contribution in [0, 0.1) is 11.3 Å². The maximum Gasteiger partial charge on any atom is 0.191 e. The van der Waals surface area contributed by atoms with Crippen LogP contribution in [0.1, 0.15) is 75.2 Å². The molecule has 0 fully saturated rings. The minimum Gasteiger partial charge on any atom is -0.482 e. The second-order valence-electron chi connectivity index (χ2n) is 7.81. The highest BCUT2D eigenvalue weighted by Gasteiger charge is 2.22. The molecule has 0 saturated heterocycles. The van der Waals surface area contributed by atoms with Gasteiger partial charge in [-0.05, 0) is 49.9 Å². The topological polar surface area (TPSA) is 63.7 Å². The van der Waals surface area contributed by atoms with Crippen molar-refractivity contribution in [3.63, 3.8) is 0 Å². The lowest BCUT2D eigenvalue weighted by atomic mass is 10.0. The van der Waals surface area contributed by atoms with Gasteiger partial charge in [-0.2, -0.15) is 5.26 Å². The van der Waals surface area contributed by atoms with E-state index in [4.69, 9.17) is 4.74 Å². The number of hydrogen-bond donors (Lipinski definition) is 0. The van der Waals surface area contributed by atoms with Gasteiger partial charge in [0.2, 0.25) is 0 Å². The second kappa shape index (κ2) is 9.82. The van der Waals surface area contributed by atoms with Crippen LogP contribution in [0.3, 0.4) is 0 Å². The third-order valence-corrected chi connectivity index (χ3v) is 5.90. The summed E-state index contributed by atoms with van der Waals surface area (Å²) in [6.45, 7) is 10.6. The Morgan fingerprint density at radius 2 is 1.70 bits per heavy atom. The number of nitriles is 1. The minimum absolute atomic E-state index is 0.190. The van der Waals surface area contributed by atoms with Gasteiger partial charge in [0.1, 0.15) is 5.75 Å². The predicted molar refractivity (Wildman–Crippen MR) is 121 cm³/mol. The van der Waals surface area contributed by atoms with Crippen molar-refractivity contribution < 1.29 is 4.74 Å². The molecular weight excluding hydrogens is 392 g/mol. The van der Waals surface area contributed by atoms with Gasteiger partial charge in [0, 0.05) is 11.8 Å². The Hall–Kier alpha value is -2.78. The smallest absolute Gasteiger partial charge is 0.191 e. The fraction of sp³-hybridized carbons (Fsp3) is 0.375. The summed E-state index contributed by atoms with van der Waals surface area (Å²) in [4.78, 5) is 0. The number of thioether (sulfide) groups is 1. The van der Waals surface area contributed by atoms with E-state index in [0.29, 0.717) is 17.2 Å². The van der Waals surface area contributed by atoms with Gasteiger partial charge in [-0.1, -0.05) is 62.0 Å². The first-order valence-corrected chi connectivity index (χ1v) is 11.2. The van der Waals surface area contributed by atoms with Gasteiger partial charge in [0.05, 0.1) is 11.6 Å². The average molecular weight is 421 g/mol. The van der Waals surface area contributed by atoms with E-state index >= 15 is 0 Å². The summed E-state index contributed by atoms with van der Waals surface area (Å²) < 4.78 is 8.45. The molecule has 0 aliphatic carbocycles. The molecule has 0 aliphatic rings. The lowest BCUT2D eigenvalue weighted by molar-refractivity contribution is 0.204. The first-order valence-electron chi connectivity index (χ1n) is 10.2. The Morgan fingerprint density at radius 1 is 1.00 bits per heavy atom. The zero-order valence-electron chi connectivity index (χ0n) is 18.2. The number of rotatable bonds is 8. The Bertz CT molecular complexity index is 1040.